The Labute approximate surface area is 164 Å². The molecule has 4 fully saturated rings. The third-order valence-electron chi connectivity index (χ3n) is 6.19. The summed E-state index contributed by atoms with van der Waals surface area (Å²) in [4.78, 5) is 10.4. The second-order valence-corrected chi connectivity index (χ2v) is 11.0. The van der Waals surface area contributed by atoms with Crippen LogP contribution in [0.5, 0.6) is 0 Å². The summed E-state index contributed by atoms with van der Waals surface area (Å²) in [5.74, 6) is 0.208. The fourth-order valence-electron chi connectivity index (χ4n) is 5.73. The Bertz CT molecular complexity index is 814. The van der Waals surface area contributed by atoms with Crippen molar-refractivity contribution in [3.05, 3.63) is 35.9 Å². The average molecular weight is 414 g/mol. The van der Waals surface area contributed by atoms with Crippen LogP contribution in [-0.2, 0) is 14.8 Å². The molecule has 0 saturated heterocycles. The molecule has 1 aromatic rings. The van der Waals surface area contributed by atoms with E-state index in [-0.39, 0.29) is 17.6 Å². The van der Waals surface area contributed by atoms with Gasteiger partial charge < -0.3 is 9.84 Å². The lowest BCUT2D eigenvalue weighted by atomic mass is 9.48. The molecule has 4 bridgehead atoms. The second kappa shape index (κ2) is 6.72. The van der Waals surface area contributed by atoms with Crippen molar-refractivity contribution in [2.45, 2.75) is 49.0 Å². The number of hydrogen-bond acceptors (Lipinski definition) is 5. The van der Waals surface area contributed by atoms with Gasteiger partial charge in [0.25, 0.3) is 20.8 Å². The number of alkyl halides is 1. The summed E-state index contributed by atoms with van der Waals surface area (Å²) < 4.78 is 32.2. The molecule has 0 radical (unpaired) electrons. The molecule has 3 atom stereocenters. The SMILES string of the molecule is O=C(NS(=O)(=O)C(Cl)OCC12CC3CC(CC(O)(C3)C1)C2)c1ccccc1. The predicted molar refractivity (Wildman–Crippen MR) is 100 cm³/mol. The van der Waals surface area contributed by atoms with E-state index in [0.29, 0.717) is 18.3 Å². The molecule has 4 aliphatic carbocycles. The molecule has 27 heavy (non-hydrogen) atoms. The third kappa shape index (κ3) is 3.88. The minimum atomic E-state index is -4.18. The van der Waals surface area contributed by atoms with Crippen LogP contribution in [0.4, 0.5) is 0 Å². The van der Waals surface area contributed by atoms with Crippen LogP contribution >= 0.6 is 11.6 Å². The van der Waals surface area contributed by atoms with Crippen LogP contribution in [0.25, 0.3) is 0 Å². The first-order valence-electron chi connectivity index (χ1n) is 9.28. The highest BCUT2D eigenvalue weighted by Crippen LogP contribution is 2.61. The Hall–Kier alpha value is -1.15. The minimum Gasteiger partial charge on any atom is -0.390 e. The number of hydrogen-bond donors (Lipinski definition) is 2. The van der Waals surface area contributed by atoms with E-state index in [9.17, 15) is 18.3 Å². The number of rotatable bonds is 6. The first-order valence-corrected chi connectivity index (χ1v) is 11.3. The van der Waals surface area contributed by atoms with Crippen LogP contribution in [0.3, 0.4) is 0 Å². The molecule has 8 heteroatoms. The topological polar surface area (TPSA) is 92.7 Å². The highest BCUT2D eigenvalue weighted by Gasteiger charge is 2.57. The quantitative estimate of drug-likeness (QED) is 0.699. The lowest BCUT2D eigenvalue weighted by Gasteiger charge is -2.60. The number of amides is 1. The normalized spacial score (nSPS) is 35.8. The van der Waals surface area contributed by atoms with Gasteiger partial charge in [0.15, 0.2) is 0 Å². The number of ether oxygens (including phenoxy) is 1. The molecule has 0 aromatic heterocycles. The maximum absolute atomic E-state index is 12.4. The zero-order chi connectivity index (χ0) is 19.3. The van der Waals surface area contributed by atoms with Gasteiger partial charge in [-0.15, -0.1) is 0 Å². The fourth-order valence-corrected chi connectivity index (χ4v) is 6.64. The van der Waals surface area contributed by atoms with Crippen molar-refractivity contribution in [1.29, 1.82) is 0 Å². The Morgan fingerprint density at radius 2 is 1.85 bits per heavy atom. The molecule has 2 N–H and O–H groups in total. The number of carbonyl (C=O) groups is 1. The zero-order valence-corrected chi connectivity index (χ0v) is 16.5. The fraction of sp³-hybridized carbons (Fsp3) is 0.632. The molecule has 0 heterocycles. The van der Waals surface area contributed by atoms with E-state index in [1.165, 1.54) is 12.1 Å². The molecular formula is C19H24ClNO5S. The van der Waals surface area contributed by atoms with Crippen molar-refractivity contribution in [2.24, 2.45) is 17.3 Å². The Morgan fingerprint density at radius 1 is 1.22 bits per heavy atom. The first kappa shape index (κ1) is 19.2. The van der Waals surface area contributed by atoms with Crippen LogP contribution in [-0.4, -0.2) is 36.5 Å². The number of carbonyl (C=O) groups excluding carboxylic acids is 1. The maximum atomic E-state index is 12.4. The Morgan fingerprint density at radius 3 is 2.44 bits per heavy atom. The van der Waals surface area contributed by atoms with Gasteiger partial charge in [0.1, 0.15) is 0 Å². The lowest BCUT2D eigenvalue weighted by molar-refractivity contribution is -0.180. The first-order chi connectivity index (χ1) is 12.7. The largest absolute Gasteiger partial charge is 0.390 e. The van der Waals surface area contributed by atoms with Gasteiger partial charge in [0.05, 0.1) is 12.2 Å². The van der Waals surface area contributed by atoms with Gasteiger partial charge in [-0.1, -0.05) is 29.8 Å². The molecule has 4 aliphatic rings. The van der Waals surface area contributed by atoms with E-state index in [4.69, 9.17) is 16.3 Å². The minimum absolute atomic E-state index is 0.177. The van der Waals surface area contributed by atoms with Gasteiger partial charge in [-0.05, 0) is 67.9 Å². The zero-order valence-electron chi connectivity index (χ0n) is 14.9. The molecule has 148 valence electrons. The Balaban J connectivity index is 1.39. The smallest absolute Gasteiger partial charge is 0.277 e. The van der Waals surface area contributed by atoms with Crippen molar-refractivity contribution in [3.8, 4) is 0 Å². The highest BCUT2D eigenvalue weighted by molar-refractivity contribution is 7.91. The van der Waals surface area contributed by atoms with Crippen molar-refractivity contribution in [3.63, 3.8) is 0 Å². The van der Waals surface area contributed by atoms with Gasteiger partial charge in [-0.25, -0.2) is 13.1 Å². The van der Waals surface area contributed by atoms with Crippen LogP contribution in [0.1, 0.15) is 48.9 Å². The number of halogens is 1. The third-order valence-corrected chi connectivity index (χ3v) is 8.11. The summed E-state index contributed by atoms with van der Waals surface area (Å²) >= 11 is 5.99. The maximum Gasteiger partial charge on any atom is 0.277 e. The number of nitrogens with one attached hydrogen (secondary N) is 1. The van der Waals surface area contributed by atoms with E-state index in [1.54, 1.807) is 18.2 Å². The number of benzene rings is 1. The van der Waals surface area contributed by atoms with Crippen molar-refractivity contribution >= 4 is 27.5 Å². The van der Waals surface area contributed by atoms with Crippen LogP contribution in [0.15, 0.2) is 30.3 Å². The van der Waals surface area contributed by atoms with E-state index in [2.05, 4.69) is 0 Å². The molecule has 4 saturated carbocycles. The molecule has 3 unspecified atom stereocenters. The number of aliphatic hydroxyl groups is 1. The summed E-state index contributed by atoms with van der Waals surface area (Å²) in [7, 11) is -4.18. The lowest BCUT2D eigenvalue weighted by Crippen LogP contribution is -2.57. The van der Waals surface area contributed by atoms with Gasteiger partial charge in [0.2, 0.25) is 0 Å². The van der Waals surface area contributed by atoms with Crippen molar-refractivity contribution in [1.82, 2.24) is 4.72 Å². The molecule has 1 aromatic carbocycles. The Kier molecular flexibility index (Phi) is 4.78. The van der Waals surface area contributed by atoms with Crippen LogP contribution < -0.4 is 4.72 Å². The summed E-state index contributed by atoms with van der Waals surface area (Å²) in [6, 6.07) is 8.07. The van der Waals surface area contributed by atoms with E-state index in [1.807, 2.05) is 4.72 Å². The van der Waals surface area contributed by atoms with Gasteiger partial charge >= 0.3 is 0 Å². The van der Waals surface area contributed by atoms with Gasteiger partial charge in [-0.2, -0.15) is 0 Å². The monoisotopic (exact) mass is 413 g/mol. The predicted octanol–water partition coefficient (Wildman–Crippen LogP) is 2.62. The van der Waals surface area contributed by atoms with Crippen LogP contribution in [0, 0.1) is 17.3 Å². The summed E-state index contributed by atoms with van der Waals surface area (Å²) in [6.45, 7) is 0.177. The van der Waals surface area contributed by atoms with Crippen LogP contribution in [0.2, 0.25) is 0 Å². The van der Waals surface area contributed by atoms with E-state index < -0.39 is 26.4 Å². The molecule has 1 amide bonds. The van der Waals surface area contributed by atoms with E-state index >= 15 is 0 Å². The number of sulfonamides is 1. The van der Waals surface area contributed by atoms with Gasteiger partial charge in [0, 0.05) is 5.56 Å². The summed E-state index contributed by atoms with van der Waals surface area (Å²) in [5, 5.41) is 10.8. The van der Waals surface area contributed by atoms with Gasteiger partial charge in [-0.3, -0.25) is 4.79 Å². The molecule has 0 aliphatic heterocycles. The van der Waals surface area contributed by atoms with Crippen molar-refractivity contribution in [2.75, 3.05) is 6.61 Å². The summed E-state index contributed by atoms with van der Waals surface area (Å²) in [6.07, 6.45) is 5.31. The molecule has 6 nitrogen and oxygen atoms in total. The second-order valence-electron chi connectivity index (χ2n) is 8.61. The molecule has 5 rings (SSSR count). The molecule has 0 spiro atoms. The van der Waals surface area contributed by atoms with E-state index in [0.717, 1.165) is 32.1 Å². The van der Waals surface area contributed by atoms with Crippen molar-refractivity contribution < 1.29 is 23.1 Å². The summed E-state index contributed by atoms with van der Waals surface area (Å²) in [5.41, 5.74) is -0.631. The average Bonchev–Trinajstić information content (AvgIpc) is 2.58. The highest BCUT2D eigenvalue weighted by atomic mass is 35.5. The standard InChI is InChI=1S/C19H24ClNO5S/c20-17(27(24,25)21-16(22)15-4-2-1-3-5-15)26-12-18-7-13-6-14(8-18)10-19(23,9-13)11-18/h1-5,13-14,17,23H,6-12H2,(H,21,22). The molecular weight excluding hydrogens is 390 g/mol.